The average Bonchev–Trinajstić information content (AvgIpc) is 1.59. The molecule has 0 aliphatic carbocycles. The molecular weight excluding hydrogens is 1920 g/mol. The molecule has 0 amide bonds. The maximum Gasteiger partial charge on any atom is 0.144 e. The molecule has 9 aromatic carbocycles. The molecule has 0 spiro atoms. The number of benzene rings is 9. The topological polar surface area (TPSA) is 153 Å². The average molecular weight is 2010 g/mol. The predicted molar refractivity (Wildman–Crippen MR) is 444 cm³/mol. The minimum Gasteiger partial charge on any atom is -0.507 e. The van der Waals surface area contributed by atoms with Crippen LogP contribution in [0.5, 0.6) is 17.2 Å². The van der Waals surface area contributed by atoms with E-state index in [-0.39, 0.29) is 85.5 Å². The van der Waals surface area contributed by atoms with Gasteiger partial charge in [0.15, 0.2) is 0 Å². The molecule has 0 aliphatic rings. The van der Waals surface area contributed by atoms with E-state index in [0.29, 0.717) is 11.3 Å². The third kappa shape index (κ3) is 15.4. The summed E-state index contributed by atoms with van der Waals surface area (Å²) in [7, 11) is 0. The van der Waals surface area contributed by atoms with Crippen molar-refractivity contribution < 1.29 is 78.5 Å². The van der Waals surface area contributed by atoms with Gasteiger partial charge in [-0.05, 0) is 193 Å². The first-order chi connectivity index (χ1) is 52.6. The first-order valence-electron chi connectivity index (χ1n) is 36.7. The Labute approximate surface area is 695 Å². The molecule has 9 heterocycles. The van der Waals surface area contributed by atoms with Crippen LogP contribution in [0.3, 0.4) is 0 Å². The smallest absolute Gasteiger partial charge is 0.144 e. The van der Waals surface area contributed by atoms with Gasteiger partial charge >= 0.3 is 0 Å². The molecule has 0 saturated carbocycles. The van der Waals surface area contributed by atoms with Gasteiger partial charge in [-0.25, -0.2) is 15.0 Å². The minimum absolute atomic E-state index is 0. The van der Waals surface area contributed by atoms with Crippen LogP contribution in [0.2, 0.25) is 0 Å². The molecule has 15 heteroatoms. The second kappa shape index (κ2) is 32.2. The standard InChI is InChI=1S/C37H36N3O.C31H24N3O.C29H20N3O.3Pt/c1-23-17-18-38-32(19-23)24-11-10-12-26(20-24)40-33-14-9-8-13-27(33)28-15-16-31(39-35(28)40)29-21-25(36(2,3)4)22-30(34(29)41)37(5,6)7;1-19-13-14-32-28(17-19)22-7-6-8-23(18-22)34-29-10-5-4-9-24(29)25-11-12-27(33-31(25)34)26-16-20(2)15-21(3)30(26)35;1-19-15-16-30-26(17-19)20-7-6-8-21(18-20)32-27-11-4-2-9-22(27)23-13-14-25(31-29(23)32)24-10-3-5-12-28(24)33;;;/h8-19,21-22,41H,1-7H3;4-17,35H,1-3H3;2-17,33H,1H3;;;/q3*-1;;;. The quantitative estimate of drug-likeness (QED) is 0.120. The molecule has 0 bridgehead atoms. The second-order valence-electron chi connectivity index (χ2n) is 30.2. The van der Waals surface area contributed by atoms with Crippen molar-refractivity contribution in [3.05, 3.63) is 324 Å². The molecule has 112 heavy (non-hydrogen) atoms. The van der Waals surface area contributed by atoms with Crippen LogP contribution in [0.15, 0.2) is 267 Å². The van der Waals surface area contributed by atoms with Crippen molar-refractivity contribution in [3.63, 3.8) is 0 Å². The molecule has 564 valence electrons. The Kier molecular flexibility index (Phi) is 22.7. The third-order valence-corrected chi connectivity index (χ3v) is 20.2. The summed E-state index contributed by atoms with van der Waals surface area (Å²) in [6, 6.07) is 94.1. The first kappa shape index (κ1) is 78.9. The molecule has 12 nitrogen and oxygen atoms in total. The van der Waals surface area contributed by atoms with Crippen LogP contribution in [0.4, 0.5) is 0 Å². The molecule has 18 rings (SSSR count). The zero-order valence-corrected chi connectivity index (χ0v) is 70.5. The van der Waals surface area contributed by atoms with Gasteiger partial charge in [0.2, 0.25) is 0 Å². The number of aromatic hydroxyl groups is 3. The SMILES string of the molecule is Cc1ccnc(-c2[c-]c(-n3c4ccccc4c4ccc(-c5cc(C(C)(C)C)cc(C(C)(C)C)c5O)nc43)ccc2)c1.Cc1ccnc(-c2[c-]c(-n3c4ccccc4c4ccc(-c5cc(C)cc(C)c5O)nc43)ccc2)c1.Cc1ccnc(-c2[c-]c(-n3c4ccccc4c4ccc(-c5ccccc5O)nc43)ccc2)c1.[Pt].[Pt].[Pt]. The maximum absolute atomic E-state index is 11.6. The van der Waals surface area contributed by atoms with E-state index < -0.39 is 0 Å². The van der Waals surface area contributed by atoms with Crippen molar-refractivity contribution in [1.29, 1.82) is 0 Å². The van der Waals surface area contributed by atoms with Crippen molar-refractivity contribution in [2.24, 2.45) is 0 Å². The van der Waals surface area contributed by atoms with Gasteiger partial charge in [0.05, 0.1) is 33.6 Å². The van der Waals surface area contributed by atoms with Crippen molar-refractivity contribution in [3.8, 4) is 102 Å². The van der Waals surface area contributed by atoms with Crippen LogP contribution in [0.25, 0.3) is 150 Å². The molecular formula is C97H80N9O3Pt3-3. The molecule has 0 atom stereocenters. The fraction of sp³-hybridized carbons (Fsp3) is 0.134. The fourth-order valence-corrected chi connectivity index (χ4v) is 14.6. The predicted octanol–water partition coefficient (Wildman–Crippen LogP) is 23.4. The van der Waals surface area contributed by atoms with Crippen molar-refractivity contribution in [2.75, 3.05) is 0 Å². The molecule has 0 unspecified atom stereocenters. The monoisotopic (exact) mass is 2000 g/mol. The zero-order valence-electron chi connectivity index (χ0n) is 63.7. The summed E-state index contributed by atoms with van der Waals surface area (Å²) in [5.41, 5.74) is 25.4. The van der Waals surface area contributed by atoms with Gasteiger partial charge in [-0.3, -0.25) is 0 Å². The summed E-state index contributed by atoms with van der Waals surface area (Å²) in [6.07, 6.45) is 5.49. The normalized spacial score (nSPS) is 11.4. The Morgan fingerprint density at radius 2 is 0.670 bits per heavy atom. The largest absolute Gasteiger partial charge is 0.507 e. The van der Waals surface area contributed by atoms with Gasteiger partial charge in [0, 0.05) is 136 Å². The number of rotatable bonds is 9. The second-order valence-corrected chi connectivity index (χ2v) is 30.2. The summed E-state index contributed by atoms with van der Waals surface area (Å²) in [4.78, 5) is 29.0. The summed E-state index contributed by atoms with van der Waals surface area (Å²) in [6.45, 7) is 23.2. The van der Waals surface area contributed by atoms with Crippen LogP contribution in [0.1, 0.15) is 80.5 Å². The van der Waals surface area contributed by atoms with E-state index in [4.69, 9.17) is 15.0 Å². The number of para-hydroxylation sites is 4. The van der Waals surface area contributed by atoms with Crippen LogP contribution >= 0.6 is 0 Å². The van der Waals surface area contributed by atoms with E-state index in [1.807, 2.05) is 172 Å². The Balaban J connectivity index is 0.000000146. The number of phenols is 3. The van der Waals surface area contributed by atoms with Gasteiger partial charge in [0.1, 0.15) is 34.2 Å². The van der Waals surface area contributed by atoms with Crippen molar-refractivity contribution in [1.82, 2.24) is 43.6 Å². The Hall–Kier alpha value is -11.3. The number of fused-ring (bicyclic) bond motifs is 9. The summed E-state index contributed by atoms with van der Waals surface area (Å²) in [5.74, 6) is 0.773. The van der Waals surface area contributed by atoms with Gasteiger partial charge in [0.25, 0.3) is 0 Å². The number of aryl methyl sites for hydroxylation is 5. The molecule has 9 aromatic heterocycles. The van der Waals surface area contributed by atoms with Crippen LogP contribution in [-0.2, 0) is 74.0 Å². The number of phenolic OH excluding ortho intramolecular Hbond substituents is 3. The maximum atomic E-state index is 11.6. The van der Waals surface area contributed by atoms with E-state index in [0.717, 1.165) is 178 Å². The van der Waals surface area contributed by atoms with E-state index in [9.17, 15) is 15.3 Å². The van der Waals surface area contributed by atoms with Crippen LogP contribution < -0.4 is 0 Å². The molecule has 0 aliphatic heterocycles. The number of aromatic nitrogens is 9. The number of nitrogens with zero attached hydrogens (tertiary/aromatic N) is 9. The Morgan fingerprint density at radius 1 is 0.304 bits per heavy atom. The van der Waals surface area contributed by atoms with Gasteiger partial charge in [-0.1, -0.05) is 155 Å². The number of hydrogen-bond donors (Lipinski definition) is 3. The molecule has 0 radical (unpaired) electrons. The zero-order chi connectivity index (χ0) is 75.6. The minimum atomic E-state index is -0.224. The molecule has 3 N–H and O–H groups in total. The van der Waals surface area contributed by atoms with E-state index in [1.165, 1.54) is 5.56 Å². The van der Waals surface area contributed by atoms with Gasteiger partial charge in [-0.15, -0.1) is 89.5 Å². The van der Waals surface area contributed by atoms with Gasteiger partial charge in [-0.2, -0.15) is 0 Å². The molecule has 18 aromatic rings. The molecule has 0 fully saturated rings. The van der Waals surface area contributed by atoms with Crippen LogP contribution in [0, 0.1) is 52.8 Å². The van der Waals surface area contributed by atoms with E-state index in [2.05, 4.69) is 212 Å². The van der Waals surface area contributed by atoms with Gasteiger partial charge < -0.3 is 44.0 Å². The fourth-order valence-electron chi connectivity index (χ4n) is 14.6. The van der Waals surface area contributed by atoms with Crippen molar-refractivity contribution in [2.45, 2.75) is 87.0 Å². The Bertz CT molecular complexity index is 6600. The Morgan fingerprint density at radius 3 is 1.04 bits per heavy atom. The third-order valence-electron chi connectivity index (χ3n) is 20.2. The number of pyridine rings is 6. The van der Waals surface area contributed by atoms with E-state index >= 15 is 0 Å². The summed E-state index contributed by atoms with van der Waals surface area (Å²) < 4.78 is 6.45. The summed E-state index contributed by atoms with van der Waals surface area (Å²) in [5, 5.41) is 39.3. The van der Waals surface area contributed by atoms with Crippen LogP contribution in [-0.4, -0.2) is 58.9 Å². The number of hydrogen-bond acceptors (Lipinski definition) is 9. The molecule has 0 saturated heterocycles. The first-order valence-corrected chi connectivity index (χ1v) is 36.7. The van der Waals surface area contributed by atoms with E-state index in [1.54, 1.807) is 6.07 Å². The summed E-state index contributed by atoms with van der Waals surface area (Å²) >= 11 is 0. The van der Waals surface area contributed by atoms with Crippen molar-refractivity contribution >= 4 is 65.8 Å².